The average Bonchev–Trinajstić information content (AvgIpc) is 2.70. The Hall–Kier alpha value is -2.47. The Morgan fingerprint density at radius 2 is 1.80 bits per heavy atom. The maximum Gasteiger partial charge on any atom is 0.126 e. The predicted octanol–water partition coefficient (Wildman–Crippen LogP) is 5.22. The van der Waals surface area contributed by atoms with Gasteiger partial charge in [-0.1, -0.05) is 6.58 Å². The highest BCUT2D eigenvalue weighted by atomic mass is 19.1. The molecule has 2 N–H and O–H groups in total. The summed E-state index contributed by atoms with van der Waals surface area (Å²) < 4.78 is 41.5. The van der Waals surface area contributed by atoms with Crippen molar-refractivity contribution < 1.29 is 13.2 Å². The highest BCUT2D eigenvalue weighted by Crippen LogP contribution is 2.39. The summed E-state index contributed by atoms with van der Waals surface area (Å²) in [5.74, 6) is -1.01. The maximum atomic E-state index is 14.1. The van der Waals surface area contributed by atoms with Gasteiger partial charge in [-0.25, -0.2) is 13.2 Å². The molecule has 1 fully saturated rings. The molecule has 2 heterocycles. The van der Waals surface area contributed by atoms with Gasteiger partial charge >= 0.3 is 0 Å². The van der Waals surface area contributed by atoms with Gasteiger partial charge in [-0.2, -0.15) is 0 Å². The topological polar surface area (TPSA) is 32.5 Å². The van der Waals surface area contributed by atoms with Crippen molar-refractivity contribution in [2.24, 2.45) is 0 Å². The van der Waals surface area contributed by atoms with Crippen LogP contribution in [-0.2, 0) is 6.42 Å². The van der Waals surface area contributed by atoms with Crippen molar-refractivity contribution in [1.82, 2.24) is 4.90 Å². The fraction of sp³-hybridized carbons (Fsp3) is 0.417. The molecule has 0 amide bonds. The van der Waals surface area contributed by atoms with E-state index in [4.69, 9.17) is 5.73 Å². The van der Waals surface area contributed by atoms with Crippen molar-refractivity contribution >= 4 is 11.4 Å². The Morgan fingerprint density at radius 3 is 2.53 bits per heavy atom. The molecule has 0 spiro atoms. The van der Waals surface area contributed by atoms with Crippen molar-refractivity contribution in [3.05, 3.63) is 71.2 Å². The van der Waals surface area contributed by atoms with E-state index in [1.807, 2.05) is 0 Å². The van der Waals surface area contributed by atoms with E-state index in [0.717, 1.165) is 61.8 Å². The molecule has 0 radical (unpaired) electrons. The minimum Gasteiger partial charge on any atom is -0.397 e. The molecule has 1 saturated heterocycles. The smallest absolute Gasteiger partial charge is 0.126 e. The second-order valence-electron chi connectivity index (χ2n) is 8.54. The SMILES string of the molecule is C=C(CN1CCC(c2cc(F)ccc2F)CC1)N1c2c(N)cc(F)cc2CCC1C. The zero-order valence-electron chi connectivity index (χ0n) is 17.3. The third-order valence-corrected chi connectivity index (χ3v) is 6.43. The van der Waals surface area contributed by atoms with Crippen molar-refractivity contribution in [2.45, 2.75) is 44.6 Å². The van der Waals surface area contributed by atoms with Crippen LogP contribution in [0.3, 0.4) is 0 Å². The molecule has 2 aliphatic heterocycles. The van der Waals surface area contributed by atoms with E-state index >= 15 is 0 Å². The van der Waals surface area contributed by atoms with Crippen LogP contribution in [0, 0.1) is 17.5 Å². The van der Waals surface area contributed by atoms with E-state index in [-0.39, 0.29) is 23.6 Å². The second kappa shape index (κ2) is 8.34. The van der Waals surface area contributed by atoms with E-state index in [0.29, 0.717) is 17.8 Å². The van der Waals surface area contributed by atoms with Crippen LogP contribution < -0.4 is 10.6 Å². The number of rotatable bonds is 4. The number of halogens is 3. The number of anilines is 2. The quantitative estimate of drug-likeness (QED) is 0.695. The molecular formula is C24H28F3N3. The van der Waals surface area contributed by atoms with Crippen LogP contribution in [-0.4, -0.2) is 30.6 Å². The Labute approximate surface area is 176 Å². The van der Waals surface area contributed by atoms with Gasteiger partial charge < -0.3 is 10.6 Å². The number of benzene rings is 2. The highest BCUT2D eigenvalue weighted by Gasteiger charge is 2.30. The lowest BCUT2D eigenvalue weighted by molar-refractivity contribution is 0.224. The van der Waals surface area contributed by atoms with E-state index in [1.165, 1.54) is 18.2 Å². The minimum atomic E-state index is -0.394. The van der Waals surface area contributed by atoms with E-state index < -0.39 is 5.82 Å². The standard InChI is InChI=1S/C24H28F3N3/c1-15-3-4-18-11-20(26)13-23(28)24(18)30(15)16(2)14-29-9-7-17(8-10-29)21-12-19(25)5-6-22(21)27/h5-6,11-13,15,17H,2-4,7-10,14,28H2,1H3. The Bertz CT molecular complexity index is 951. The third-order valence-electron chi connectivity index (χ3n) is 6.43. The molecule has 30 heavy (non-hydrogen) atoms. The van der Waals surface area contributed by atoms with Gasteiger partial charge in [0.15, 0.2) is 0 Å². The fourth-order valence-corrected chi connectivity index (χ4v) is 4.91. The van der Waals surface area contributed by atoms with Gasteiger partial charge in [0.25, 0.3) is 0 Å². The molecule has 0 aliphatic carbocycles. The number of fused-ring (bicyclic) bond motifs is 1. The second-order valence-corrected chi connectivity index (χ2v) is 8.54. The van der Waals surface area contributed by atoms with Crippen LogP contribution in [0.2, 0.25) is 0 Å². The first-order valence-corrected chi connectivity index (χ1v) is 10.6. The summed E-state index contributed by atoms with van der Waals surface area (Å²) in [6.07, 6.45) is 3.25. The maximum absolute atomic E-state index is 14.1. The van der Waals surface area contributed by atoms with Crippen molar-refractivity contribution in [2.75, 3.05) is 30.3 Å². The lowest BCUT2D eigenvalue weighted by Crippen LogP contribution is -2.42. The first-order valence-electron chi connectivity index (χ1n) is 10.6. The Balaban J connectivity index is 1.44. The van der Waals surface area contributed by atoms with Crippen LogP contribution in [0.1, 0.15) is 43.2 Å². The van der Waals surface area contributed by atoms with Gasteiger partial charge in [-0.05, 0) is 93.1 Å². The molecule has 2 aromatic rings. The van der Waals surface area contributed by atoms with Crippen LogP contribution >= 0.6 is 0 Å². The van der Waals surface area contributed by atoms with Crippen LogP contribution in [0.5, 0.6) is 0 Å². The van der Waals surface area contributed by atoms with E-state index in [2.05, 4.69) is 23.3 Å². The number of hydrogen-bond donors (Lipinski definition) is 1. The molecule has 1 unspecified atom stereocenters. The van der Waals surface area contributed by atoms with Gasteiger partial charge in [0.05, 0.1) is 11.4 Å². The molecule has 0 aromatic heterocycles. The minimum absolute atomic E-state index is 0.0264. The van der Waals surface area contributed by atoms with Crippen molar-refractivity contribution in [3.63, 3.8) is 0 Å². The normalized spacial score (nSPS) is 20.3. The van der Waals surface area contributed by atoms with Gasteiger partial charge in [0.1, 0.15) is 17.5 Å². The fourth-order valence-electron chi connectivity index (χ4n) is 4.91. The number of nitrogens with zero attached hydrogens (tertiary/aromatic N) is 2. The van der Waals surface area contributed by atoms with Crippen LogP contribution in [0.4, 0.5) is 24.5 Å². The third kappa shape index (κ3) is 4.06. The van der Waals surface area contributed by atoms with Gasteiger partial charge in [-0.15, -0.1) is 0 Å². The van der Waals surface area contributed by atoms with E-state index in [1.54, 1.807) is 6.07 Å². The summed E-state index contributed by atoms with van der Waals surface area (Å²) in [7, 11) is 0. The number of hydrogen-bond acceptors (Lipinski definition) is 3. The highest BCUT2D eigenvalue weighted by molar-refractivity contribution is 5.75. The number of piperidine rings is 1. The average molecular weight is 416 g/mol. The largest absolute Gasteiger partial charge is 0.397 e. The number of nitrogen functional groups attached to an aromatic ring is 1. The van der Waals surface area contributed by atoms with Crippen LogP contribution in [0.15, 0.2) is 42.6 Å². The number of likely N-dealkylation sites (tertiary alicyclic amines) is 1. The molecule has 6 heteroatoms. The molecular weight excluding hydrogens is 387 g/mol. The first kappa shape index (κ1) is 20.8. The molecule has 2 aliphatic rings. The first-order chi connectivity index (χ1) is 14.3. The van der Waals surface area contributed by atoms with Gasteiger partial charge in [0, 0.05) is 18.3 Å². The van der Waals surface area contributed by atoms with Crippen LogP contribution in [0.25, 0.3) is 0 Å². The zero-order valence-corrected chi connectivity index (χ0v) is 17.3. The van der Waals surface area contributed by atoms with E-state index in [9.17, 15) is 13.2 Å². The Morgan fingerprint density at radius 1 is 1.07 bits per heavy atom. The predicted molar refractivity (Wildman–Crippen MR) is 115 cm³/mol. The molecule has 1 atom stereocenters. The lowest BCUT2D eigenvalue weighted by atomic mass is 9.89. The number of aryl methyl sites for hydroxylation is 1. The summed E-state index contributed by atoms with van der Waals surface area (Å²) >= 11 is 0. The van der Waals surface area contributed by atoms with Crippen molar-refractivity contribution in [3.8, 4) is 0 Å². The lowest BCUT2D eigenvalue weighted by Gasteiger charge is -2.41. The van der Waals surface area contributed by atoms with Gasteiger partial charge in [-0.3, -0.25) is 4.90 Å². The van der Waals surface area contributed by atoms with Crippen molar-refractivity contribution in [1.29, 1.82) is 0 Å². The molecule has 0 saturated carbocycles. The summed E-state index contributed by atoms with van der Waals surface area (Å²) in [4.78, 5) is 4.43. The monoisotopic (exact) mass is 415 g/mol. The summed E-state index contributed by atoms with van der Waals surface area (Å²) in [5, 5.41) is 0. The summed E-state index contributed by atoms with van der Waals surface area (Å²) in [6, 6.07) is 6.86. The zero-order chi connectivity index (χ0) is 21.4. The molecule has 4 rings (SSSR count). The van der Waals surface area contributed by atoms with Gasteiger partial charge in [0.2, 0.25) is 0 Å². The molecule has 3 nitrogen and oxygen atoms in total. The number of nitrogens with two attached hydrogens (primary N) is 1. The summed E-state index contributed by atoms with van der Waals surface area (Å²) in [6.45, 7) is 8.68. The molecule has 2 aromatic carbocycles. The molecule has 160 valence electrons. The summed E-state index contributed by atoms with van der Waals surface area (Å²) in [5.41, 5.74) is 9.81. The Kier molecular flexibility index (Phi) is 5.78. The molecule has 0 bridgehead atoms.